The van der Waals surface area contributed by atoms with Crippen LogP contribution in [0.2, 0.25) is 5.02 Å². The monoisotopic (exact) mass is 417 g/mol. The highest BCUT2D eigenvalue weighted by molar-refractivity contribution is 7.18. The van der Waals surface area contributed by atoms with E-state index in [0.29, 0.717) is 16.4 Å². The number of hydrogen-bond donors (Lipinski definition) is 3. The molecule has 146 valence electrons. The number of hydrogen-bond acceptors (Lipinski definition) is 7. The molecular weight excluding hydrogens is 398 g/mol. The minimum atomic E-state index is -0.991. The number of benzene rings is 1. The topological polar surface area (TPSA) is 100 Å². The highest BCUT2D eigenvalue weighted by atomic mass is 35.5. The maximum Gasteiger partial charge on any atom is 0.325 e. The van der Waals surface area contributed by atoms with Gasteiger partial charge in [-0.2, -0.15) is 0 Å². The minimum Gasteiger partial charge on any atom is -0.480 e. The zero-order valence-corrected chi connectivity index (χ0v) is 17.2. The molecule has 9 heteroatoms. The summed E-state index contributed by atoms with van der Waals surface area (Å²) in [7, 11) is 0. The summed E-state index contributed by atoms with van der Waals surface area (Å²) in [6.07, 6.45) is 1.73. The van der Waals surface area contributed by atoms with Crippen LogP contribution < -0.4 is 10.6 Å². The number of anilines is 2. The van der Waals surface area contributed by atoms with Crippen molar-refractivity contribution in [3.63, 3.8) is 0 Å². The molecule has 0 saturated carbocycles. The van der Waals surface area contributed by atoms with Crippen LogP contribution >= 0.6 is 22.9 Å². The number of aromatic nitrogens is 3. The third kappa shape index (κ3) is 4.76. The lowest BCUT2D eigenvalue weighted by Crippen LogP contribution is -2.26. The molecule has 7 nitrogen and oxygen atoms in total. The van der Waals surface area contributed by atoms with E-state index < -0.39 is 12.0 Å². The summed E-state index contributed by atoms with van der Waals surface area (Å²) in [6, 6.07) is 8.59. The Kier molecular flexibility index (Phi) is 6.11. The van der Waals surface area contributed by atoms with Crippen molar-refractivity contribution < 1.29 is 9.90 Å². The molecule has 1 aromatic carbocycles. The fourth-order valence-electron chi connectivity index (χ4n) is 2.41. The van der Waals surface area contributed by atoms with E-state index in [1.807, 2.05) is 38.1 Å². The lowest BCUT2D eigenvalue weighted by atomic mass is 10.1. The number of carbonyl (C=O) groups is 1. The predicted octanol–water partition coefficient (Wildman–Crippen LogP) is 4.63. The molecule has 0 aliphatic carbocycles. The van der Waals surface area contributed by atoms with Gasteiger partial charge in [0, 0.05) is 22.8 Å². The lowest BCUT2D eigenvalue weighted by molar-refractivity contribution is -0.137. The molecule has 0 saturated heterocycles. The summed E-state index contributed by atoms with van der Waals surface area (Å²) in [4.78, 5) is 25.4. The van der Waals surface area contributed by atoms with Crippen molar-refractivity contribution in [3.05, 3.63) is 41.6 Å². The molecule has 1 atom stereocenters. The van der Waals surface area contributed by atoms with Crippen molar-refractivity contribution in [2.45, 2.75) is 32.9 Å². The normalized spacial score (nSPS) is 12.0. The molecule has 2 aromatic heterocycles. The molecule has 2 heterocycles. The van der Waals surface area contributed by atoms with Crippen molar-refractivity contribution in [2.75, 3.05) is 10.6 Å². The van der Waals surface area contributed by atoms with Gasteiger partial charge in [-0.15, -0.1) is 0 Å². The van der Waals surface area contributed by atoms with Crippen molar-refractivity contribution in [3.8, 4) is 21.8 Å². The Hall–Kier alpha value is -2.71. The van der Waals surface area contributed by atoms with E-state index >= 15 is 0 Å². The molecule has 3 N–H and O–H groups in total. The first-order valence-electron chi connectivity index (χ1n) is 8.69. The second kappa shape index (κ2) is 8.53. The quantitative estimate of drug-likeness (QED) is 0.515. The summed E-state index contributed by atoms with van der Waals surface area (Å²) in [5.74, 6) is -0.774. The highest BCUT2D eigenvalue weighted by Gasteiger charge is 2.16. The number of halogens is 1. The maximum absolute atomic E-state index is 11.2. The first-order valence-corrected chi connectivity index (χ1v) is 9.89. The Bertz CT molecular complexity index is 992. The van der Waals surface area contributed by atoms with Gasteiger partial charge in [0.1, 0.15) is 6.04 Å². The molecule has 0 aliphatic heterocycles. The van der Waals surface area contributed by atoms with E-state index in [2.05, 4.69) is 25.6 Å². The Morgan fingerprint density at radius 1 is 1.14 bits per heavy atom. The second-order valence-corrected chi connectivity index (χ2v) is 7.91. The van der Waals surface area contributed by atoms with Crippen LogP contribution in [0.25, 0.3) is 21.8 Å². The standard InChI is InChI=1S/C19H20ClN5O2S/c1-10(2)22-19-21-9-16(28-19)15-8-14(12-6-4-5-7-13(12)20)24-18(25-15)23-11(3)17(26)27/h4-11H,1-3H3,(H,21,22)(H,26,27)(H,23,24,25)/t11-/m1/s1. The number of nitrogens with one attached hydrogen (secondary N) is 2. The van der Waals surface area contributed by atoms with Gasteiger partial charge in [-0.1, -0.05) is 41.1 Å². The van der Waals surface area contributed by atoms with Gasteiger partial charge in [-0.25, -0.2) is 15.0 Å². The molecule has 0 fully saturated rings. The summed E-state index contributed by atoms with van der Waals surface area (Å²) in [5, 5.41) is 16.6. The van der Waals surface area contributed by atoms with Crippen molar-refractivity contribution >= 4 is 40.0 Å². The number of carboxylic acids is 1. The average Bonchev–Trinajstić information content (AvgIpc) is 3.09. The molecule has 3 aromatic rings. The SMILES string of the molecule is CC(C)Nc1ncc(-c2cc(-c3ccccc3Cl)nc(N[C@H](C)C(=O)O)n2)s1. The van der Waals surface area contributed by atoms with Crippen LogP contribution in [0.3, 0.4) is 0 Å². The van der Waals surface area contributed by atoms with Gasteiger partial charge in [-0.3, -0.25) is 4.79 Å². The summed E-state index contributed by atoms with van der Waals surface area (Å²) >= 11 is 7.80. The van der Waals surface area contributed by atoms with Crippen molar-refractivity contribution in [1.29, 1.82) is 0 Å². The molecule has 0 radical (unpaired) electrons. The van der Waals surface area contributed by atoms with Gasteiger partial charge in [0.05, 0.1) is 16.3 Å². The van der Waals surface area contributed by atoms with Crippen LogP contribution in [-0.4, -0.2) is 38.1 Å². The summed E-state index contributed by atoms with van der Waals surface area (Å²) in [5.41, 5.74) is 1.98. The summed E-state index contributed by atoms with van der Waals surface area (Å²) in [6.45, 7) is 5.61. The lowest BCUT2D eigenvalue weighted by Gasteiger charge is -2.12. The van der Waals surface area contributed by atoms with E-state index in [1.165, 1.54) is 18.3 Å². The minimum absolute atomic E-state index is 0.217. The number of carboxylic acid groups (broad SMARTS) is 1. The molecule has 28 heavy (non-hydrogen) atoms. The molecule has 0 spiro atoms. The van der Waals surface area contributed by atoms with Crippen LogP contribution in [-0.2, 0) is 4.79 Å². The van der Waals surface area contributed by atoms with E-state index in [4.69, 9.17) is 11.6 Å². The van der Waals surface area contributed by atoms with Crippen LogP contribution in [0.4, 0.5) is 11.1 Å². The Morgan fingerprint density at radius 3 is 2.54 bits per heavy atom. The molecular formula is C19H20ClN5O2S. The van der Waals surface area contributed by atoms with Gasteiger partial charge in [-0.05, 0) is 32.9 Å². The van der Waals surface area contributed by atoms with Crippen LogP contribution in [0.15, 0.2) is 36.5 Å². The number of thiazole rings is 1. The second-order valence-electron chi connectivity index (χ2n) is 6.47. The zero-order chi connectivity index (χ0) is 20.3. The molecule has 0 aliphatic rings. The Labute approximate surface area is 171 Å². The highest BCUT2D eigenvalue weighted by Crippen LogP contribution is 2.33. The van der Waals surface area contributed by atoms with E-state index in [-0.39, 0.29) is 12.0 Å². The van der Waals surface area contributed by atoms with Gasteiger partial charge < -0.3 is 15.7 Å². The molecule has 0 amide bonds. The molecule has 3 rings (SSSR count). The average molecular weight is 418 g/mol. The fraction of sp³-hybridized carbons (Fsp3) is 0.263. The fourth-order valence-corrected chi connectivity index (χ4v) is 3.56. The molecule has 0 unspecified atom stereocenters. The Balaban J connectivity index is 2.06. The van der Waals surface area contributed by atoms with Crippen molar-refractivity contribution in [1.82, 2.24) is 15.0 Å². The van der Waals surface area contributed by atoms with Gasteiger partial charge in [0.2, 0.25) is 5.95 Å². The first kappa shape index (κ1) is 20.0. The van der Waals surface area contributed by atoms with E-state index in [0.717, 1.165) is 15.6 Å². The van der Waals surface area contributed by atoms with E-state index in [1.54, 1.807) is 12.3 Å². The first-order chi connectivity index (χ1) is 13.3. The van der Waals surface area contributed by atoms with Crippen molar-refractivity contribution in [2.24, 2.45) is 0 Å². The number of rotatable bonds is 7. The predicted molar refractivity (Wildman–Crippen MR) is 113 cm³/mol. The zero-order valence-electron chi connectivity index (χ0n) is 15.6. The van der Waals surface area contributed by atoms with Crippen LogP contribution in [0, 0.1) is 0 Å². The van der Waals surface area contributed by atoms with Crippen LogP contribution in [0.1, 0.15) is 20.8 Å². The van der Waals surface area contributed by atoms with Gasteiger partial charge in [0.25, 0.3) is 0 Å². The number of nitrogens with zero attached hydrogens (tertiary/aromatic N) is 3. The third-order valence-electron chi connectivity index (χ3n) is 3.76. The molecule has 0 bridgehead atoms. The smallest absolute Gasteiger partial charge is 0.325 e. The van der Waals surface area contributed by atoms with Gasteiger partial charge >= 0.3 is 5.97 Å². The van der Waals surface area contributed by atoms with Crippen LogP contribution in [0.5, 0.6) is 0 Å². The number of aliphatic carboxylic acids is 1. The van der Waals surface area contributed by atoms with E-state index in [9.17, 15) is 9.90 Å². The largest absolute Gasteiger partial charge is 0.480 e. The Morgan fingerprint density at radius 2 is 1.86 bits per heavy atom. The third-order valence-corrected chi connectivity index (χ3v) is 5.04. The van der Waals surface area contributed by atoms with Gasteiger partial charge in [0.15, 0.2) is 5.13 Å². The maximum atomic E-state index is 11.2. The summed E-state index contributed by atoms with van der Waals surface area (Å²) < 4.78 is 0.